The summed E-state index contributed by atoms with van der Waals surface area (Å²) in [6.07, 6.45) is 2.07. The third-order valence-electron chi connectivity index (χ3n) is 2.87. The van der Waals surface area contributed by atoms with Crippen molar-refractivity contribution >= 4 is 11.6 Å². The van der Waals surface area contributed by atoms with Crippen LogP contribution < -0.4 is 10.6 Å². The first-order chi connectivity index (χ1) is 7.24. The van der Waals surface area contributed by atoms with Crippen LogP contribution in [0.15, 0.2) is 29.4 Å². The number of oxime groups is 1. The van der Waals surface area contributed by atoms with E-state index in [4.69, 9.17) is 10.9 Å². The van der Waals surface area contributed by atoms with Crippen molar-refractivity contribution in [2.45, 2.75) is 25.8 Å². The molecule has 0 fully saturated rings. The third-order valence-corrected chi connectivity index (χ3v) is 2.87. The summed E-state index contributed by atoms with van der Waals surface area (Å²) in [6, 6.07) is 8.34. The number of nitrogens with two attached hydrogens (primary N) is 1. The number of hydrogen-bond donors (Lipinski definition) is 2. The van der Waals surface area contributed by atoms with Crippen molar-refractivity contribution in [1.82, 2.24) is 0 Å². The largest absolute Gasteiger partial charge is 0.408 e. The van der Waals surface area contributed by atoms with Crippen LogP contribution in [0, 0.1) is 0 Å². The van der Waals surface area contributed by atoms with Crippen LogP contribution >= 0.6 is 0 Å². The SMILES string of the molecule is CC1CCc2ccccc2N1C(N)=NO. The molecule has 0 amide bonds. The van der Waals surface area contributed by atoms with Crippen LogP contribution in [0.5, 0.6) is 0 Å². The molecule has 0 saturated heterocycles. The molecule has 0 radical (unpaired) electrons. The molecule has 1 unspecified atom stereocenters. The average molecular weight is 205 g/mol. The lowest BCUT2D eigenvalue weighted by molar-refractivity contribution is 0.316. The molecule has 1 heterocycles. The lowest BCUT2D eigenvalue weighted by Crippen LogP contribution is -2.46. The molecule has 0 spiro atoms. The number of benzene rings is 1. The maximum atomic E-state index is 8.75. The van der Waals surface area contributed by atoms with Crippen LogP contribution in [0.25, 0.3) is 0 Å². The zero-order chi connectivity index (χ0) is 10.8. The Morgan fingerprint density at radius 2 is 2.27 bits per heavy atom. The highest BCUT2D eigenvalue weighted by Gasteiger charge is 2.25. The van der Waals surface area contributed by atoms with Gasteiger partial charge in [-0.1, -0.05) is 23.4 Å². The predicted octanol–water partition coefficient (Wildman–Crippen LogP) is 1.53. The first kappa shape index (κ1) is 9.83. The van der Waals surface area contributed by atoms with Crippen LogP contribution in [0.1, 0.15) is 18.9 Å². The molecular weight excluding hydrogens is 190 g/mol. The molecule has 4 nitrogen and oxygen atoms in total. The predicted molar refractivity (Wildman–Crippen MR) is 60.1 cm³/mol. The highest BCUT2D eigenvalue weighted by molar-refractivity contribution is 5.96. The Labute approximate surface area is 89.0 Å². The molecule has 1 aromatic rings. The van der Waals surface area contributed by atoms with Gasteiger partial charge >= 0.3 is 0 Å². The maximum Gasteiger partial charge on any atom is 0.238 e. The van der Waals surface area contributed by atoms with Crippen molar-refractivity contribution in [2.75, 3.05) is 4.90 Å². The fraction of sp³-hybridized carbons (Fsp3) is 0.364. The number of fused-ring (bicyclic) bond motifs is 1. The minimum Gasteiger partial charge on any atom is -0.408 e. The van der Waals surface area contributed by atoms with E-state index < -0.39 is 0 Å². The molecule has 0 aromatic heterocycles. The molecule has 0 bridgehead atoms. The van der Waals surface area contributed by atoms with E-state index >= 15 is 0 Å². The topological polar surface area (TPSA) is 61.8 Å². The van der Waals surface area contributed by atoms with Crippen molar-refractivity contribution < 1.29 is 5.21 Å². The number of hydrogen-bond acceptors (Lipinski definition) is 2. The summed E-state index contributed by atoms with van der Waals surface area (Å²) in [5.74, 6) is 0.162. The molecule has 0 aliphatic carbocycles. The smallest absolute Gasteiger partial charge is 0.238 e. The minimum absolute atomic E-state index is 0.162. The molecule has 80 valence electrons. The Morgan fingerprint density at radius 3 is 3.00 bits per heavy atom. The van der Waals surface area contributed by atoms with E-state index in [0.29, 0.717) is 0 Å². The lowest BCUT2D eigenvalue weighted by atomic mass is 9.97. The monoisotopic (exact) mass is 205 g/mol. The van der Waals surface area contributed by atoms with Gasteiger partial charge in [-0.15, -0.1) is 0 Å². The van der Waals surface area contributed by atoms with Gasteiger partial charge in [-0.05, 0) is 31.4 Å². The summed E-state index contributed by atoms with van der Waals surface area (Å²) >= 11 is 0. The molecular formula is C11H15N3O. The van der Waals surface area contributed by atoms with E-state index in [9.17, 15) is 0 Å². The van der Waals surface area contributed by atoms with Crippen molar-refractivity contribution in [3.05, 3.63) is 29.8 Å². The standard InChI is InChI=1S/C11H15N3O/c1-8-6-7-9-4-2-3-5-10(9)14(8)11(12)13-15/h2-5,8,15H,6-7H2,1H3,(H2,12,13). The number of guanidine groups is 1. The van der Waals surface area contributed by atoms with Gasteiger partial charge in [0.1, 0.15) is 0 Å². The van der Waals surface area contributed by atoms with E-state index in [1.54, 1.807) is 0 Å². The fourth-order valence-corrected chi connectivity index (χ4v) is 2.09. The molecule has 2 rings (SSSR count). The normalized spacial score (nSPS) is 21.3. The van der Waals surface area contributed by atoms with Gasteiger partial charge in [0.2, 0.25) is 5.96 Å². The average Bonchev–Trinajstić information content (AvgIpc) is 2.28. The van der Waals surface area contributed by atoms with Crippen LogP contribution in [0.4, 0.5) is 5.69 Å². The molecule has 0 saturated carbocycles. The van der Waals surface area contributed by atoms with Crippen molar-refractivity contribution in [2.24, 2.45) is 10.9 Å². The Bertz CT molecular complexity index is 389. The lowest BCUT2D eigenvalue weighted by Gasteiger charge is -2.35. The quantitative estimate of drug-likeness (QED) is 0.292. The van der Waals surface area contributed by atoms with E-state index in [0.717, 1.165) is 18.5 Å². The zero-order valence-corrected chi connectivity index (χ0v) is 8.72. The first-order valence-electron chi connectivity index (χ1n) is 5.08. The van der Waals surface area contributed by atoms with Gasteiger partial charge in [0.25, 0.3) is 0 Å². The van der Waals surface area contributed by atoms with Gasteiger partial charge in [-0.2, -0.15) is 0 Å². The van der Waals surface area contributed by atoms with Crippen molar-refractivity contribution in [3.8, 4) is 0 Å². The summed E-state index contributed by atoms with van der Waals surface area (Å²) in [5.41, 5.74) is 7.98. The number of para-hydroxylation sites is 1. The summed E-state index contributed by atoms with van der Waals surface area (Å²) in [5, 5.41) is 11.8. The van der Waals surface area contributed by atoms with Crippen LogP contribution in [0.2, 0.25) is 0 Å². The molecule has 1 aromatic carbocycles. The van der Waals surface area contributed by atoms with Crippen LogP contribution in [-0.4, -0.2) is 17.2 Å². The molecule has 4 heteroatoms. The van der Waals surface area contributed by atoms with Gasteiger partial charge in [0.05, 0.1) is 0 Å². The zero-order valence-electron chi connectivity index (χ0n) is 8.72. The summed E-state index contributed by atoms with van der Waals surface area (Å²) < 4.78 is 0. The Morgan fingerprint density at radius 1 is 1.53 bits per heavy atom. The van der Waals surface area contributed by atoms with Gasteiger partial charge in [0.15, 0.2) is 0 Å². The molecule has 15 heavy (non-hydrogen) atoms. The highest BCUT2D eigenvalue weighted by atomic mass is 16.4. The Hall–Kier alpha value is -1.71. The molecule has 1 atom stereocenters. The number of nitrogens with zero attached hydrogens (tertiary/aromatic N) is 2. The second-order valence-corrected chi connectivity index (χ2v) is 3.84. The molecule has 1 aliphatic heterocycles. The van der Waals surface area contributed by atoms with Gasteiger partial charge in [-0.3, -0.25) is 0 Å². The van der Waals surface area contributed by atoms with Crippen molar-refractivity contribution in [1.29, 1.82) is 0 Å². The van der Waals surface area contributed by atoms with Gasteiger partial charge < -0.3 is 15.8 Å². The molecule has 3 N–H and O–H groups in total. The van der Waals surface area contributed by atoms with Gasteiger partial charge in [0, 0.05) is 11.7 Å². The molecule has 1 aliphatic rings. The Kier molecular flexibility index (Phi) is 2.49. The third kappa shape index (κ3) is 1.63. The fourth-order valence-electron chi connectivity index (χ4n) is 2.09. The summed E-state index contributed by atoms with van der Waals surface area (Å²) in [4.78, 5) is 1.87. The maximum absolute atomic E-state index is 8.75. The summed E-state index contributed by atoms with van der Waals surface area (Å²) in [7, 11) is 0. The Balaban J connectivity index is 2.46. The van der Waals surface area contributed by atoms with Gasteiger partial charge in [-0.25, -0.2) is 0 Å². The number of rotatable bonds is 0. The number of anilines is 1. The van der Waals surface area contributed by atoms with E-state index in [2.05, 4.69) is 18.1 Å². The van der Waals surface area contributed by atoms with E-state index in [1.807, 2.05) is 23.1 Å². The van der Waals surface area contributed by atoms with Crippen molar-refractivity contribution in [3.63, 3.8) is 0 Å². The minimum atomic E-state index is 0.162. The highest BCUT2D eigenvalue weighted by Crippen LogP contribution is 2.29. The van der Waals surface area contributed by atoms with E-state index in [1.165, 1.54) is 5.56 Å². The van der Waals surface area contributed by atoms with E-state index in [-0.39, 0.29) is 12.0 Å². The number of aryl methyl sites for hydroxylation is 1. The van der Waals surface area contributed by atoms with Crippen LogP contribution in [0.3, 0.4) is 0 Å². The first-order valence-corrected chi connectivity index (χ1v) is 5.08. The van der Waals surface area contributed by atoms with Crippen LogP contribution in [-0.2, 0) is 6.42 Å². The summed E-state index contributed by atoms with van der Waals surface area (Å²) in [6.45, 7) is 2.08. The second kappa shape index (κ2) is 3.81. The second-order valence-electron chi connectivity index (χ2n) is 3.84.